The third kappa shape index (κ3) is 4.26. The zero-order chi connectivity index (χ0) is 18.2. The first-order chi connectivity index (χ1) is 11.6. The smallest absolute Gasteiger partial charge is 0.388 e. The minimum absolute atomic E-state index is 0.0504. The van der Waals surface area contributed by atoms with Crippen LogP contribution in [-0.4, -0.2) is 54.3 Å². The molecule has 1 aromatic carbocycles. The minimum atomic E-state index is -2.79. The molecule has 0 saturated heterocycles. The number of nitrogens with zero attached hydrogens (tertiary/aromatic N) is 1. The fraction of sp³-hybridized carbons (Fsp3) is 0.556. The van der Waals surface area contributed by atoms with Gasteiger partial charge in [-0.05, 0) is 30.7 Å². The molecule has 24 heavy (non-hydrogen) atoms. The van der Waals surface area contributed by atoms with Gasteiger partial charge in [0.05, 0.1) is 11.7 Å². The summed E-state index contributed by atoms with van der Waals surface area (Å²) in [6, 6.07) is 8.48. The van der Waals surface area contributed by atoms with Crippen LogP contribution in [0.15, 0.2) is 36.9 Å². The fourth-order valence-electron chi connectivity index (χ4n) is 3.27. The highest BCUT2D eigenvalue weighted by atomic mass is 28.4. The van der Waals surface area contributed by atoms with Crippen LogP contribution in [0.2, 0.25) is 0 Å². The Morgan fingerprint density at radius 2 is 1.67 bits per heavy atom. The average molecular weight is 353 g/mol. The van der Waals surface area contributed by atoms with Gasteiger partial charge >= 0.3 is 8.80 Å². The maximum atomic E-state index is 5.75. The molecule has 0 saturated carbocycles. The van der Waals surface area contributed by atoms with Gasteiger partial charge in [-0.25, -0.2) is 0 Å². The summed E-state index contributed by atoms with van der Waals surface area (Å²) < 4.78 is 17.2. The monoisotopic (exact) mass is 352 g/mol. The Bertz CT molecular complexity index is 483. The highest BCUT2D eigenvalue weighted by Gasteiger charge is 2.50. The van der Waals surface area contributed by atoms with Crippen LogP contribution in [0.25, 0.3) is 0 Å². The molecule has 5 nitrogen and oxygen atoms in total. The van der Waals surface area contributed by atoms with Crippen LogP contribution in [0.3, 0.4) is 0 Å². The van der Waals surface area contributed by atoms with E-state index in [2.05, 4.69) is 54.9 Å². The molecule has 0 spiro atoms. The van der Waals surface area contributed by atoms with Crippen molar-refractivity contribution in [3.8, 4) is 0 Å². The molecule has 2 unspecified atom stereocenters. The summed E-state index contributed by atoms with van der Waals surface area (Å²) >= 11 is 0. The number of anilines is 1. The molecule has 0 amide bonds. The van der Waals surface area contributed by atoms with E-state index >= 15 is 0 Å². The molecular formula is C18H32N2O3Si. The number of hydrogen-bond donors (Lipinski definition) is 1. The van der Waals surface area contributed by atoms with Gasteiger partial charge in [0, 0.05) is 34.1 Å². The average Bonchev–Trinajstić information content (AvgIpc) is 2.65. The number of hydrogen-bond acceptors (Lipinski definition) is 5. The molecule has 1 rings (SSSR count). The fourth-order valence-corrected chi connectivity index (χ4v) is 5.83. The van der Waals surface area contributed by atoms with E-state index in [0.29, 0.717) is 0 Å². The zero-order valence-corrected chi connectivity index (χ0v) is 16.8. The van der Waals surface area contributed by atoms with E-state index < -0.39 is 8.80 Å². The Kier molecular flexibility index (Phi) is 8.65. The van der Waals surface area contributed by atoms with Gasteiger partial charge < -0.3 is 18.6 Å². The van der Waals surface area contributed by atoms with Crippen LogP contribution in [0.1, 0.15) is 31.9 Å². The van der Waals surface area contributed by atoms with Crippen LogP contribution < -0.4 is 5.32 Å². The van der Waals surface area contributed by atoms with Gasteiger partial charge in [0.2, 0.25) is 0 Å². The van der Waals surface area contributed by atoms with Crippen LogP contribution in [0, 0.1) is 0 Å². The molecule has 0 heterocycles. The van der Waals surface area contributed by atoms with Gasteiger partial charge in [0.15, 0.2) is 0 Å². The lowest BCUT2D eigenvalue weighted by atomic mass is 10.0. The Morgan fingerprint density at radius 3 is 2.00 bits per heavy atom. The van der Waals surface area contributed by atoms with Crippen LogP contribution in [0.4, 0.5) is 5.69 Å². The molecule has 0 radical (unpaired) electrons. The van der Waals surface area contributed by atoms with Crippen molar-refractivity contribution in [2.45, 2.75) is 32.0 Å². The summed E-state index contributed by atoms with van der Waals surface area (Å²) in [5.41, 5.74) is 2.33. The van der Waals surface area contributed by atoms with Crippen LogP contribution in [-0.2, 0) is 13.3 Å². The largest absolute Gasteiger partial charge is 0.518 e. The quantitative estimate of drug-likeness (QED) is 0.488. The molecule has 0 bridgehead atoms. The lowest BCUT2D eigenvalue weighted by molar-refractivity contribution is 0.0649. The molecule has 0 aliphatic rings. The SMILES string of the molecule is C=CC(c1ccc(NC)cc1)N(CC)C(CC)[Si](OC)(OC)OC. The van der Waals surface area contributed by atoms with Crippen molar-refractivity contribution in [2.75, 3.05) is 40.2 Å². The van der Waals surface area contributed by atoms with Crippen LogP contribution >= 0.6 is 0 Å². The van der Waals surface area contributed by atoms with Gasteiger partial charge in [-0.2, -0.15) is 0 Å². The number of nitrogens with one attached hydrogen (secondary N) is 1. The first-order valence-electron chi connectivity index (χ1n) is 8.38. The number of rotatable bonds is 11. The Labute approximate surface area is 148 Å². The Morgan fingerprint density at radius 1 is 1.12 bits per heavy atom. The van der Waals surface area contributed by atoms with Gasteiger partial charge in [-0.1, -0.05) is 32.1 Å². The molecule has 0 aliphatic heterocycles. The summed E-state index contributed by atoms with van der Waals surface area (Å²) in [6.45, 7) is 9.18. The molecule has 6 heteroatoms. The maximum absolute atomic E-state index is 5.75. The van der Waals surface area contributed by atoms with E-state index in [1.807, 2.05) is 13.1 Å². The number of benzene rings is 1. The Hall–Kier alpha value is -1.18. The predicted molar refractivity (Wildman–Crippen MR) is 102 cm³/mol. The second-order valence-electron chi connectivity index (χ2n) is 5.52. The highest BCUT2D eigenvalue weighted by Crippen LogP contribution is 2.30. The summed E-state index contributed by atoms with van der Waals surface area (Å²) in [6.07, 6.45) is 2.84. The highest BCUT2D eigenvalue weighted by molar-refractivity contribution is 6.62. The number of likely N-dealkylation sites (N-methyl/N-ethyl adjacent to an activating group) is 1. The van der Waals surface area contributed by atoms with E-state index in [1.165, 1.54) is 5.56 Å². The van der Waals surface area contributed by atoms with E-state index in [4.69, 9.17) is 13.3 Å². The summed E-state index contributed by atoms with van der Waals surface area (Å²) in [7, 11) is 4.12. The molecule has 0 aromatic heterocycles. The molecule has 2 atom stereocenters. The third-order valence-corrected chi connectivity index (χ3v) is 7.80. The molecule has 1 N–H and O–H groups in total. The topological polar surface area (TPSA) is 43.0 Å². The van der Waals surface area contributed by atoms with Crippen molar-refractivity contribution in [1.82, 2.24) is 4.90 Å². The van der Waals surface area contributed by atoms with E-state index in [0.717, 1.165) is 18.7 Å². The lowest BCUT2D eigenvalue weighted by Crippen LogP contribution is -2.61. The summed E-state index contributed by atoms with van der Waals surface area (Å²) in [4.78, 5) is 2.35. The predicted octanol–water partition coefficient (Wildman–Crippen LogP) is 3.47. The van der Waals surface area contributed by atoms with Crippen molar-refractivity contribution in [1.29, 1.82) is 0 Å². The van der Waals surface area contributed by atoms with Crippen molar-refractivity contribution in [3.63, 3.8) is 0 Å². The lowest BCUT2D eigenvalue weighted by Gasteiger charge is -2.42. The van der Waals surface area contributed by atoms with Gasteiger partial charge in [-0.15, -0.1) is 6.58 Å². The first kappa shape index (κ1) is 20.9. The minimum Gasteiger partial charge on any atom is -0.388 e. The molecule has 136 valence electrons. The van der Waals surface area contributed by atoms with E-state index in [1.54, 1.807) is 21.3 Å². The van der Waals surface area contributed by atoms with Gasteiger partial charge in [0.1, 0.15) is 0 Å². The molecule has 0 aliphatic carbocycles. The first-order valence-corrected chi connectivity index (χ1v) is 10.2. The van der Waals surface area contributed by atoms with E-state index in [9.17, 15) is 0 Å². The van der Waals surface area contributed by atoms with Gasteiger partial charge in [-0.3, -0.25) is 4.90 Å². The second kappa shape index (κ2) is 9.96. The maximum Gasteiger partial charge on any atom is 0.518 e. The summed E-state index contributed by atoms with van der Waals surface area (Å²) in [5, 5.41) is 3.15. The van der Waals surface area contributed by atoms with Crippen molar-refractivity contribution < 1.29 is 13.3 Å². The molecular weight excluding hydrogens is 320 g/mol. The standard InChI is InChI=1S/C18H32N2O3Si/c1-8-17(15-11-13-16(19-4)14-12-15)20(10-3)18(9-2)24(21-5,22-6)23-7/h8,11-14,17-19H,1,9-10H2,2-7H3. The van der Waals surface area contributed by atoms with Crippen molar-refractivity contribution in [3.05, 3.63) is 42.5 Å². The summed E-state index contributed by atoms with van der Waals surface area (Å²) in [5.74, 6) is 0. The Balaban J connectivity index is 3.23. The van der Waals surface area contributed by atoms with Gasteiger partial charge in [0.25, 0.3) is 0 Å². The van der Waals surface area contributed by atoms with Crippen molar-refractivity contribution in [2.24, 2.45) is 0 Å². The molecule has 1 aromatic rings. The normalized spacial score (nSPS) is 14.5. The third-order valence-electron chi connectivity index (χ3n) is 4.54. The van der Waals surface area contributed by atoms with Crippen molar-refractivity contribution >= 4 is 14.5 Å². The second-order valence-corrected chi connectivity index (χ2v) is 8.62. The molecule has 0 fully saturated rings. The van der Waals surface area contributed by atoms with E-state index in [-0.39, 0.29) is 11.7 Å². The van der Waals surface area contributed by atoms with Crippen LogP contribution in [0.5, 0.6) is 0 Å². The zero-order valence-electron chi connectivity index (χ0n) is 15.8.